The number of rotatable bonds is 2. The van der Waals surface area contributed by atoms with Crippen LogP contribution in [0.2, 0.25) is 0 Å². The van der Waals surface area contributed by atoms with E-state index in [9.17, 15) is 25.9 Å². The number of aromatic nitrogens is 2. The van der Waals surface area contributed by atoms with Crippen LogP contribution in [-0.2, 0) is 19.8 Å². The molecule has 14 heteroatoms. The maximum atomic E-state index is 11.9. The molecule has 2 aromatic rings. The molecule has 0 radical (unpaired) electrons. The number of carbonyl (C=O) groups is 1. The van der Waals surface area contributed by atoms with E-state index in [1.807, 2.05) is 43.3 Å². The highest BCUT2D eigenvalue weighted by molar-refractivity contribution is 14.2. The van der Waals surface area contributed by atoms with Crippen molar-refractivity contribution in [1.29, 1.82) is 0 Å². The molecule has 0 aliphatic rings. The number of pyridine rings is 2. The molecule has 0 aromatic carbocycles. The van der Waals surface area contributed by atoms with Crippen molar-refractivity contribution >= 4 is 107 Å². The summed E-state index contributed by atoms with van der Waals surface area (Å²) in [7, 11) is -5.71. The number of halogens is 7. The van der Waals surface area contributed by atoms with Crippen molar-refractivity contribution < 1.29 is 30.6 Å². The first kappa shape index (κ1) is 39.0. The Kier molecular flexibility index (Phi) is 23.5. The quantitative estimate of drug-likeness (QED) is 0.137. The average Bonchev–Trinajstić information content (AvgIpc) is 2.77. The minimum atomic E-state index is -6.22. The Morgan fingerprint density at radius 2 is 1.35 bits per heavy atom. The van der Waals surface area contributed by atoms with Gasteiger partial charge in [-0.25, -0.2) is 4.79 Å². The molecule has 0 saturated carbocycles. The Labute approximate surface area is 254 Å². The smallest absolute Gasteiger partial charge is 0.464 e. The molecule has 0 aliphatic heterocycles. The van der Waals surface area contributed by atoms with Crippen molar-refractivity contribution in [2.75, 3.05) is 14.5 Å². The van der Waals surface area contributed by atoms with Crippen molar-refractivity contribution in [3.63, 3.8) is 0 Å². The third kappa shape index (κ3) is 15.5. The summed E-state index contributed by atoms with van der Waals surface area (Å²) in [6, 6.07) is 4.05. The second-order valence-electron chi connectivity index (χ2n) is 5.91. The fourth-order valence-electron chi connectivity index (χ4n) is 1.66. The molecule has 2 rings (SSSR count). The average molecular weight is 956 g/mol. The van der Waals surface area contributed by atoms with Gasteiger partial charge in [-0.05, 0) is 91.0 Å². The van der Waals surface area contributed by atoms with Gasteiger partial charge in [0, 0.05) is 21.7 Å². The van der Waals surface area contributed by atoms with E-state index in [0.717, 1.165) is 11.4 Å². The maximum Gasteiger partial charge on any atom is 0.470 e. The van der Waals surface area contributed by atoms with Gasteiger partial charge in [0.2, 0.25) is 0 Å². The molecule has 0 aliphatic carbocycles. The van der Waals surface area contributed by atoms with Crippen LogP contribution in [0, 0.1) is 38.2 Å². The Morgan fingerprint density at radius 3 is 1.59 bits per heavy atom. The number of hydrogen-bond donors (Lipinski definition) is 0. The standard InChI is InChI=1S/C8H11N.C7H8IN.C3H3F3O4S.CH2I2.CH3I/c1-6-4-5-9-8(3)7(6)2;1-5-3-4-9-6(2)7(5)8;1-10-2(7)3(4,5)11(6,8)9;2-1-3;1-2/h4-5H,1-3H3;3-4H,1-2H3;1H3;1H2;1H3. The predicted molar refractivity (Wildman–Crippen MR) is 165 cm³/mol. The van der Waals surface area contributed by atoms with Crippen LogP contribution in [0.4, 0.5) is 12.7 Å². The lowest BCUT2D eigenvalue weighted by Crippen LogP contribution is -2.36. The first-order valence-corrected chi connectivity index (χ1v) is 16.6. The van der Waals surface area contributed by atoms with Gasteiger partial charge < -0.3 is 4.74 Å². The first-order chi connectivity index (χ1) is 15.6. The van der Waals surface area contributed by atoms with Crippen molar-refractivity contribution in [2.45, 2.75) is 39.9 Å². The van der Waals surface area contributed by atoms with Crippen LogP contribution in [0.5, 0.6) is 0 Å². The SMILES string of the molecule is CI.COC(=O)C(F)(F)S(=O)(=O)F.Cc1ccnc(C)c1C.Cc1ccnc(C)c1I.ICI. The van der Waals surface area contributed by atoms with E-state index < -0.39 is 21.4 Å². The highest BCUT2D eigenvalue weighted by Crippen LogP contribution is 2.24. The van der Waals surface area contributed by atoms with Gasteiger partial charge in [0.05, 0.1) is 15.2 Å². The molecule has 2 heterocycles. The summed E-state index contributed by atoms with van der Waals surface area (Å²) in [6.07, 6.45) is 3.69. The summed E-state index contributed by atoms with van der Waals surface area (Å²) >= 11 is 9.01. The van der Waals surface area contributed by atoms with Gasteiger partial charge in [-0.2, -0.15) is 17.2 Å². The fraction of sp³-hybridized carbons (Fsp3) is 0.450. The number of nitrogens with zero attached hydrogens (tertiary/aromatic N) is 2. The van der Waals surface area contributed by atoms with Crippen LogP contribution in [0.3, 0.4) is 0 Å². The second kappa shape index (κ2) is 20.5. The number of carbonyl (C=O) groups excluding carboxylic acids is 1. The zero-order valence-corrected chi connectivity index (χ0v) is 29.0. The molecule has 6 nitrogen and oxygen atoms in total. The van der Waals surface area contributed by atoms with Gasteiger partial charge in [-0.15, -0.1) is 0 Å². The molecule has 0 spiro atoms. The molecule has 0 N–H and O–H groups in total. The Bertz CT molecular complexity index is 892. The summed E-state index contributed by atoms with van der Waals surface area (Å²) < 4.78 is 60.2. The van der Waals surface area contributed by atoms with Crippen LogP contribution in [0.1, 0.15) is 28.1 Å². The van der Waals surface area contributed by atoms with Gasteiger partial charge >= 0.3 is 21.4 Å². The highest BCUT2D eigenvalue weighted by atomic mass is 127. The van der Waals surface area contributed by atoms with Crippen LogP contribution >= 0.6 is 90.4 Å². The molecule has 0 atom stereocenters. The molecular weight excluding hydrogens is 929 g/mol. The minimum Gasteiger partial charge on any atom is -0.464 e. The van der Waals surface area contributed by atoms with E-state index in [2.05, 4.69) is 126 Å². The number of esters is 1. The van der Waals surface area contributed by atoms with E-state index in [-0.39, 0.29) is 0 Å². The van der Waals surface area contributed by atoms with E-state index in [0.29, 0.717) is 7.11 Å². The highest BCUT2D eigenvalue weighted by Gasteiger charge is 2.55. The molecule has 196 valence electrons. The van der Waals surface area contributed by atoms with E-state index >= 15 is 0 Å². The topological polar surface area (TPSA) is 86.2 Å². The van der Waals surface area contributed by atoms with Crippen LogP contribution in [-0.4, -0.2) is 44.1 Å². The number of methoxy groups -OCH3 is 1. The Hall–Kier alpha value is 0.430. The lowest BCUT2D eigenvalue weighted by atomic mass is 10.1. The van der Waals surface area contributed by atoms with Crippen LogP contribution in [0.15, 0.2) is 24.5 Å². The molecule has 34 heavy (non-hydrogen) atoms. The van der Waals surface area contributed by atoms with Crippen LogP contribution < -0.4 is 0 Å². The molecule has 0 amide bonds. The predicted octanol–water partition coefficient (Wildman–Crippen LogP) is 7.23. The minimum absolute atomic E-state index is 0.515. The third-order valence-corrected chi connectivity index (χ3v) is 6.12. The van der Waals surface area contributed by atoms with Crippen molar-refractivity contribution in [1.82, 2.24) is 9.97 Å². The van der Waals surface area contributed by atoms with Crippen molar-refractivity contribution in [2.24, 2.45) is 0 Å². The van der Waals surface area contributed by atoms with Gasteiger partial charge in [-0.1, -0.05) is 71.7 Å². The Morgan fingerprint density at radius 1 is 0.971 bits per heavy atom. The Balaban J connectivity index is -0.000000388. The monoisotopic (exact) mass is 956 g/mol. The lowest BCUT2D eigenvalue weighted by molar-refractivity contribution is -0.157. The maximum absolute atomic E-state index is 11.9. The van der Waals surface area contributed by atoms with E-state index in [4.69, 9.17) is 0 Å². The zero-order chi connectivity index (χ0) is 27.7. The molecule has 0 saturated heterocycles. The van der Waals surface area contributed by atoms with E-state index in [1.54, 1.807) is 0 Å². The largest absolute Gasteiger partial charge is 0.470 e. The second-order valence-corrected chi connectivity index (χ2v) is 12.8. The first-order valence-electron chi connectivity index (χ1n) is 8.95. The van der Waals surface area contributed by atoms with Gasteiger partial charge in [0.1, 0.15) is 0 Å². The normalized spacial score (nSPS) is 9.94. The van der Waals surface area contributed by atoms with Crippen LogP contribution in [0.25, 0.3) is 0 Å². The molecule has 0 unspecified atom stereocenters. The molecular formula is C20H27F3I4N2O4S. The number of hydrogen-bond acceptors (Lipinski definition) is 6. The lowest BCUT2D eigenvalue weighted by Gasteiger charge is -2.06. The molecule has 0 bridgehead atoms. The number of ether oxygens (including phenoxy) is 1. The van der Waals surface area contributed by atoms with Crippen molar-refractivity contribution in [3.8, 4) is 0 Å². The van der Waals surface area contributed by atoms with Gasteiger partial charge in [-0.3, -0.25) is 9.97 Å². The molecule has 0 fully saturated rings. The summed E-state index contributed by atoms with van der Waals surface area (Å²) in [4.78, 5) is 20.1. The number of alkyl halides is 5. The third-order valence-electron chi connectivity index (χ3n) is 3.71. The summed E-state index contributed by atoms with van der Waals surface area (Å²) in [5.74, 6) is -2.44. The van der Waals surface area contributed by atoms with E-state index in [1.165, 1.54) is 22.7 Å². The summed E-state index contributed by atoms with van der Waals surface area (Å²) in [5, 5.41) is -5.11. The van der Waals surface area contributed by atoms with Crippen molar-refractivity contribution in [3.05, 3.63) is 56.2 Å². The summed E-state index contributed by atoms with van der Waals surface area (Å²) in [6.45, 7) is 10.3. The fourth-order valence-corrected chi connectivity index (χ4v) is 2.26. The van der Waals surface area contributed by atoms with Gasteiger partial charge in [0.15, 0.2) is 0 Å². The van der Waals surface area contributed by atoms with Gasteiger partial charge in [0.25, 0.3) is 0 Å². The number of aryl methyl sites for hydroxylation is 4. The molecule has 2 aromatic heterocycles. The summed E-state index contributed by atoms with van der Waals surface area (Å²) in [5.41, 5.74) is 6.19. The zero-order valence-electron chi connectivity index (χ0n) is 19.6.